The van der Waals surface area contributed by atoms with E-state index in [1.807, 2.05) is 32.3 Å². The summed E-state index contributed by atoms with van der Waals surface area (Å²) in [5.74, 6) is 0. The fraction of sp³-hybridized carbons (Fsp3) is 0.250. The highest BCUT2D eigenvalue weighted by atomic mass is 35.5. The molecule has 2 rings (SSSR count). The van der Waals surface area contributed by atoms with Crippen LogP contribution < -0.4 is 5.73 Å². The van der Waals surface area contributed by atoms with Gasteiger partial charge < -0.3 is 10.3 Å². The van der Waals surface area contributed by atoms with Crippen LogP contribution in [0.5, 0.6) is 0 Å². The Hall–Kier alpha value is -1.48. The summed E-state index contributed by atoms with van der Waals surface area (Å²) in [5, 5.41) is 0.707. The molecule has 0 saturated carbocycles. The number of nitrogens with zero attached hydrogens (tertiary/aromatic N) is 2. The first-order valence-corrected chi connectivity index (χ1v) is 5.48. The second kappa shape index (κ2) is 4.18. The Morgan fingerprint density at radius 1 is 1.38 bits per heavy atom. The van der Waals surface area contributed by atoms with Gasteiger partial charge in [0.25, 0.3) is 0 Å². The number of aryl methyl sites for hydroxylation is 1. The van der Waals surface area contributed by atoms with Crippen LogP contribution in [0.25, 0.3) is 0 Å². The molecule has 0 bridgehead atoms. The van der Waals surface area contributed by atoms with Crippen LogP contribution in [-0.4, -0.2) is 9.55 Å². The molecule has 0 amide bonds. The lowest BCUT2D eigenvalue weighted by molar-refractivity contribution is 0.770. The fourth-order valence-corrected chi connectivity index (χ4v) is 1.79. The van der Waals surface area contributed by atoms with E-state index in [0.717, 1.165) is 22.6 Å². The molecule has 4 heteroatoms. The molecule has 2 N–H and O–H groups in total. The number of aromatic nitrogens is 2. The van der Waals surface area contributed by atoms with Crippen molar-refractivity contribution in [3.05, 3.63) is 46.5 Å². The van der Waals surface area contributed by atoms with Crippen molar-refractivity contribution >= 4 is 17.3 Å². The average molecular weight is 236 g/mol. The number of anilines is 1. The molecule has 1 aromatic heterocycles. The molecule has 3 nitrogen and oxygen atoms in total. The van der Waals surface area contributed by atoms with Gasteiger partial charge >= 0.3 is 0 Å². The minimum absolute atomic E-state index is 0.707. The Balaban J connectivity index is 2.33. The Labute approximate surface area is 99.9 Å². The van der Waals surface area contributed by atoms with Crippen LogP contribution in [0, 0.1) is 13.8 Å². The van der Waals surface area contributed by atoms with Gasteiger partial charge in [-0.15, -0.1) is 0 Å². The van der Waals surface area contributed by atoms with E-state index in [9.17, 15) is 0 Å². The summed E-state index contributed by atoms with van der Waals surface area (Å²) in [4.78, 5) is 4.25. The first kappa shape index (κ1) is 11.0. The van der Waals surface area contributed by atoms with E-state index in [1.54, 1.807) is 6.07 Å². The van der Waals surface area contributed by atoms with Gasteiger partial charge in [0.05, 0.1) is 18.6 Å². The first-order chi connectivity index (χ1) is 7.58. The van der Waals surface area contributed by atoms with E-state index in [0.29, 0.717) is 11.6 Å². The van der Waals surface area contributed by atoms with Crippen LogP contribution in [0.2, 0.25) is 5.02 Å². The van der Waals surface area contributed by atoms with E-state index in [2.05, 4.69) is 9.55 Å². The van der Waals surface area contributed by atoms with Gasteiger partial charge in [-0.1, -0.05) is 11.6 Å². The van der Waals surface area contributed by atoms with Crippen LogP contribution in [0.1, 0.15) is 17.0 Å². The van der Waals surface area contributed by atoms with Gasteiger partial charge in [0.15, 0.2) is 0 Å². The van der Waals surface area contributed by atoms with Crippen molar-refractivity contribution in [3.8, 4) is 0 Å². The van der Waals surface area contributed by atoms with Crippen molar-refractivity contribution in [2.24, 2.45) is 0 Å². The summed E-state index contributed by atoms with van der Waals surface area (Å²) in [5.41, 5.74) is 9.88. The summed E-state index contributed by atoms with van der Waals surface area (Å²) >= 11 is 5.95. The summed E-state index contributed by atoms with van der Waals surface area (Å²) < 4.78 is 2.07. The van der Waals surface area contributed by atoms with Crippen LogP contribution >= 0.6 is 11.6 Å². The Morgan fingerprint density at radius 3 is 2.75 bits per heavy atom. The van der Waals surface area contributed by atoms with E-state index in [1.165, 1.54) is 0 Å². The molecule has 0 aliphatic heterocycles. The van der Waals surface area contributed by atoms with Crippen LogP contribution in [0.3, 0.4) is 0 Å². The van der Waals surface area contributed by atoms with E-state index < -0.39 is 0 Å². The van der Waals surface area contributed by atoms with Crippen molar-refractivity contribution in [1.29, 1.82) is 0 Å². The molecule has 0 fully saturated rings. The second-order valence-corrected chi connectivity index (χ2v) is 4.32. The molecule has 2 aromatic rings. The van der Waals surface area contributed by atoms with Gasteiger partial charge in [-0.25, -0.2) is 4.98 Å². The highest BCUT2D eigenvalue weighted by Gasteiger charge is 2.05. The topological polar surface area (TPSA) is 43.8 Å². The maximum Gasteiger partial charge on any atom is 0.0954 e. The van der Waals surface area contributed by atoms with Gasteiger partial charge in [0.2, 0.25) is 0 Å². The molecule has 0 unspecified atom stereocenters. The van der Waals surface area contributed by atoms with Gasteiger partial charge in [-0.2, -0.15) is 0 Å². The number of nitrogens with two attached hydrogens (primary N) is 1. The highest BCUT2D eigenvalue weighted by Crippen LogP contribution is 2.19. The Morgan fingerprint density at radius 2 is 2.12 bits per heavy atom. The smallest absolute Gasteiger partial charge is 0.0954 e. The van der Waals surface area contributed by atoms with Crippen molar-refractivity contribution < 1.29 is 0 Å². The van der Waals surface area contributed by atoms with E-state index in [-0.39, 0.29) is 0 Å². The van der Waals surface area contributed by atoms with Crippen molar-refractivity contribution in [3.63, 3.8) is 0 Å². The van der Waals surface area contributed by atoms with Gasteiger partial charge in [0, 0.05) is 16.4 Å². The Kier molecular flexibility index (Phi) is 2.88. The zero-order valence-electron chi connectivity index (χ0n) is 9.37. The van der Waals surface area contributed by atoms with Crippen molar-refractivity contribution in [2.75, 3.05) is 5.73 Å². The Bertz CT molecular complexity index is 517. The predicted molar refractivity (Wildman–Crippen MR) is 66.7 cm³/mol. The minimum atomic E-state index is 0.707. The molecule has 1 aromatic carbocycles. The SMILES string of the molecule is Cc1ncn(Cc2cc(Cl)ccc2N)c1C. The lowest BCUT2D eigenvalue weighted by Crippen LogP contribution is -2.03. The maximum absolute atomic E-state index is 5.95. The number of benzene rings is 1. The molecular formula is C12H14ClN3. The van der Waals surface area contributed by atoms with Gasteiger partial charge in [-0.3, -0.25) is 0 Å². The molecule has 1 heterocycles. The number of rotatable bonds is 2. The maximum atomic E-state index is 5.95. The zero-order chi connectivity index (χ0) is 11.7. The van der Waals surface area contributed by atoms with Crippen LogP contribution in [0.4, 0.5) is 5.69 Å². The molecule has 0 atom stereocenters. The molecule has 84 valence electrons. The molecular weight excluding hydrogens is 222 g/mol. The summed E-state index contributed by atoms with van der Waals surface area (Å²) in [7, 11) is 0. The molecule has 0 aliphatic carbocycles. The monoisotopic (exact) mass is 235 g/mol. The third-order valence-electron chi connectivity index (χ3n) is 2.79. The standard InChI is InChI=1S/C12H14ClN3/c1-8-9(2)16(7-15-8)6-10-5-11(13)3-4-12(10)14/h3-5,7H,6,14H2,1-2H3. The number of imidazole rings is 1. The van der Waals surface area contributed by atoms with Crippen molar-refractivity contribution in [1.82, 2.24) is 9.55 Å². The normalized spacial score (nSPS) is 10.7. The number of halogens is 1. The van der Waals surface area contributed by atoms with Crippen LogP contribution in [-0.2, 0) is 6.54 Å². The number of hydrogen-bond acceptors (Lipinski definition) is 2. The van der Waals surface area contributed by atoms with E-state index >= 15 is 0 Å². The highest BCUT2D eigenvalue weighted by molar-refractivity contribution is 6.30. The predicted octanol–water partition coefficient (Wildman–Crippen LogP) is 2.78. The lowest BCUT2D eigenvalue weighted by atomic mass is 10.2. The molecule has 0 radical (unpaired) electrons. The molecule has 0 spiro atoms. The summed E-state index contributed by atoms with van der Waals surface area (Å²) in [6.07, 6.45) is 1.82. The number of hydrogen-bond donors (Lipinski definition) is 1. The summed E-state index contributed by atoms with van der Waals surface area (Å²) in [6, 6.07) is 5.52. The van der Waals surface area contributed by atoms with Gasteiger partial charge in [0.1, 0.15) is 0 Å². The first-order valence-electron chi connectivity index (χ1n) is 5.10. The van der Waals surface area contributed by atoms with Crippen LogP contribution in [0.15, 0.2) is 24.5 Å². The number of nitrogen functional groups attached to an aromatic ring is 1. The molecule has 0 saturated heterocycles. The lowest BCUT2D eigenvalue weighted by Gasteiger charge is -2.09. The van der Waals surface area contributed by atoms with Crippen molar-refractivity contribution in [2.45, 2.75) is 20.4 Å². The van der Waals surface area contributed by atoms with Gasteiger partial charge in [-0.05, 0) is 37.6 Å². The fourth-order valence-electron chi connectivity index (χ4n) is 1.60. The molecule has 16 heavy (non-hydrogen) atoms. The molecule has 0 aliphatic rings. The largest absolute Gasteiger partial charge is 0.398 e. The minimum Gasteiger partial charge on any atom is -0.398 e. The second-order valence-electron chi connectivity index (χ2n) is 3.89. The quantitative estimate of drug-likeness (QED) is 0.814. The third kappa shape index (κ3) is 2.04. The third-order valence-corrected chi connectivity index (χ3v) is 3.03. The average Bonchev–Trinajstić information content (AvgIpc) is 2.55. The summed E-state index contributed by atoms with van der Waals surface area (Å²) in [6.45, 7) is 4.75. The zero-order valence-corrected chi connectivity index (χ0v) is 10.1. The van der Waals surface area contributed by atoms with E-state index in [4.69, 9.17) is 17.3 Å².